The number of benzene rings is 4. The average Bonchev–Trinajstić information content (AvgIpc) is 3.35. The molecule has 5 unspecified atom stereocenters. The molecule has 1 heterocycles. The molecular formula is C50H68N12O16. The number of ether oxygens (including phenoxy) is 4. The Morgan fingerprint density at radius 1 is 0.615 bits per heavy atom. The van der Waals surface area contributed by atoms with E-state index < -0.39 is 54.1 Å². The third-order valence-electron chi connectivity index (χ3n) is 9.62. The number of nitrogens with zero attached hydrogens (tertiary/aromatic N) is 5. The molecule has 0 aromatic heterocycles. The molecule has 1 saturated heterocycles. The van der Waals surface area contributed by atoms with E-state index in [-0.39, 0.29) is 42.5 Å². The van der Waals surface area contributed by atoms with Crippen LogP contribution < -0.4 is 57.4 Å². The molecule has 1 fully saturated rings. The number of hydrazine groups is 2. The molecule has 78 heavy (non-hydrogen) atoms. The third-order valence-corrected chi connectivity index (χ3v) is 9.62. The standard InChI is InChI=1S/C25H35N7O8.C21H27N5O2.C4H6O6/c1-13(2)39-17-9-5-15(6-10-17)20(27-25(38,23(36)37)19(33)22(34)35)28-29-24(26)32-30-21(31-32)16-7-11-18(12-8-16)40-14(3)4;1-15(2)27-19-9-5-17(6-10-19)13-23-25-21(22)26-24-14-18-7-11-20(12-8-18)28-16(3)4;5-1(3(7)8)2(6)4(9)10/h5-14,19-21,27-28,30-31,33,38H,1-4H3,(H2,26,29)(H,34,35)(H,36,37);5-16H,1-4H3,(H3,22,25,26);1-2,5-6H,(H,7,8)(H,9,10). The molecule has 28 nitrogen and oxygen atoms in total. The van der Waals surface area contributed by atoms with E-state index in [0.29, 0.717) is 11.3 Å². The van der Waals surface area contributed by atoms with Gasteiger partial charge in [-0.25, -0.2) is 29.7 Å². The van der Waals surface area contributed by atoms with E-state index in [1.807, 2.05) is 128 Å². The molecule has 1 aliphatic heterocycles. The number of carboxylic acids is 4. The zero-order chi connectivity index (χ0) is 58.3. The summed E-state index contributed by atoms with van der Waals surface area (Å²) in [5.74, 6) is -4.67. The van der Waals surface area contributed by atoms with Gasteiger partial charge in [0.25, 0.3) is 5.72 Å². The highest BCUT2D eigenvalue weighted by molar-refractivity contribution is 5.87. The number of nitrogens with two attached hydrogens (primary N) is 2. The van der Waals surface area contributed by atoms with Crippen molar-refractivity contribution in [2.24, 2.45) is 31.9 Å². The second-order valence-electron chi connectivity index (χ2n) is 17.6. The first-order valence-corrected chi connectivity index (χ1v) is 23.8. The summed E-state index contributed by atoms with van der Waals surface area (Å²) < 4.78 is 22.4. The Labute approximate surface area is 448 Å². The molecular weight excluding hydrogens is 1020 g/mol. The van der Waals surface area contributed by atoms with Crippen molar-refractivity contribution in [2.75, 3.05) is 0 Å². The lowest BCUT2D eigenvalue weighted by molar-refractivity contribution is -0.190. The predicted octanol–water partition coefficient (Wildman–Crippen LogP) is 1.32. The van der Waals surface area contributed by atoms with Crippen LogP contribution in [0.1, 0.15) is 90.0 Å². The molecule has 4 aromatic carbocycles. The first-order chi connectivity index (χ1) is 36.7. The Bertz CT molecular complexity index is 2630. The van der Waals surface area contributed by atoms with E-state index in [0.717, 1.165) is 33.9 Å². The van der Waals surface area contributed by atoms with Crippen molar-refractivity contribution in [3.8, 4) is 23.0 Å². The first-order valence-electron chi connectivity index (χ1n) is 23.8. The van der Waals surface area contributed by atoms with E-state index in [4.69, 9.17) is 55.9 Å². The number of guanidine groups is 2. The van der Waals surface area contributed by atoms with Gasteiger partial charge in [0.2, 0.25) is 18.0 Å². The van der Waals surface area contributed by atoms with Crippen LogP contribution >= 0.6 is 0 Å². The average molecular weight is 1090 g/mol. The van der Waals surface area contributed by atoms with E-state index >= 15 is 0 Å². The van der Waals surface area contributed by atoms with Gasteiger partial charge in [0.05, 0.1) is 36.8 Å². The fraction of sp³-hybridized carbons (Fsp3) is 0.360. The molecule has 0 spiro atoms. The summed E-state index contributed by atoms with van der Waals surface area (Å²) in [6, 6.07) is 28.8. The van der Waals surface area contributed by atoms with Gasteiger partial charge in [-0.2, -0.15) is 21.1 Å². The van der Waals surface area contributed by atoms with Crippen molar-refractivity contribution in [1.29, 1.82) is 0 Å². The minimum absolute atomic E-state index is 0.0494. The van der Waals surface area contributed by atoms with Crippen LogP contribution in [0.3, 0.4) is 0 Å². The van der Waals surface area contributed by atoms with Crippen molar-refractivity contribution in [3.63, 3.8) is 0 Å². The number of aliphatic carboxylic acids is 4. The highest BCUT2D eigenvalue weighted by Gasteiger charge is 2.49. The number of nitrogens with one attached hydrogen (secondary N) is 5. The summed E-state index contributed by atoms with van der Waals surface area (Å²) in [4.78, 5) is 42.6. The number of carbonyl (C=O) groups is 4. The Hall–Kier alpha value is -8.64. The maximum absolute atomic E-state index is 11.8. The van der Waals surface area contributed by atoms with Crippen LogP contribution in [0.2, 0.25) is 0 Å². The van der Waals surface area contributed by atoms with Crippen molar-refractivity contribution >= 4 is 48.2 Å². The molecule has 1 aliphatic rings. The Balaban J connectivity index is 0.000000364. The molecule has 17 N–H and O–H groups in total. The van der Waals surface area contributed by atoms with Crippen LogP contribution in [0, 0.1) is 0 Å². The monoisotopic (exact) mass is 1090 g/mol. The van der Waals surface area contributed by atoms with Crippen molar-refractivity contribution in [2.45, 2.75) is 116 Å². The van der Waals surface area contributed by atoms with E-state index in [1.54, 1.807) is 24.6 Å². The molecule has 0 saturated carbocycles. The SMILES string of the molecule is CC(C)Oc1ccc(C2NN(C(N)=NNC(NC(O)(C(=O)O)C(O)C(=O)O)c3ccc(OC(C)C)cc3)N2)cc1.CC(C)Oc1ccc(C=NN=C(N)NN=Cc2ccc(OC(C)C)cc2)cc1.O=C(O)C(O)C(O)C(=O)O. The molecule has 28 heteroatoms. The van der Waals surface area contributed by atoms with Crippen molar-refractivity contribution in [3.05, 3.63) is 119 Å². The molecule has 4 aromatic rings. The maximum atomic E-state index is 11.8. The number of rotatable bonds is 24. The van der Waals surface area contributed by atoms with Crippen LogP contribution in [0.25, 0.3) is 0 Å². The normalized spacial score (nSPS) is 15.2. The van der Waals surface area contributed by atoms with Crippen LogP contribution in [0.15, 0.2) is 117 Å². The summed E-state index contributed by atoms with van der Waals surface area (Å²) in [5.41, 5.74) is 22.7. The van der Waals surface area contributed by atoms with E-state index in [1.165, 1.54) is 17.3 Å². The Morgan fingerprint density at radius 3 is 1.40 bits per heavy atom. The van der Waals surface area contributed by atoms with Gasteiger partial charge < -0.3 is 71.3 Å². The number of hydrogen-bond donors (Lipinski definition) is 15. The van der Waals surface area contributed by atoms with Gasteiger partial charge in [0.15, 0.2) is 12.2 Å². The number of carboxylic acid groups (broad SMARTS) is 4. The Morgan fingerprint density at radius 2 is 1.01 bits per heavy atom. The maximum Gasteiger partial charge on any atom is 0.354 e. The third kappa shape index (κ3) is 21.5. The molecule has 5 atom stereocenters. The summed E-state index contributed by atoms with van der Waals surface area (Å²) >= 11 is 0. The fourth-order valence-electron chi connectivity index (χ4n) is 6.02. The summed E-state index contributed by atoms with van der Waals surface area (Å²) in [6.45, 7) is 15.5. The second-order valence-corrected chi connectivity index (χ2v) is 17.6. The lowest BCUT2D eigenvalue weighted by Crippen LogP contribution is -2.70. The highest BCUT2D eigenvalue weighted by Crippen LogP contribution is 2.23. The molecule has 0 aliphatic carbocycles. The number of aliphatic hydroxyl groups is 4. The largest absolute Gasteiger partial charge is 0.491 e. The first kappa shape index (κ1) is 63.7. The summed E-state index contributed by atoms with van der Waals surface area (Å²) in [6.07, 6.45) is -5.38. The molecule has 424 valence electrons. The van der Waals surface area contributed by atoms with Gasteiger partial charge in [0, 0.05) is 0 Å². The van der Waals surface area contributed by atoms with Gasteiger partial charge in [0.1, 0.15) is 35.3 Å². The summed E-state index contributed by atoms with van der Waals surface area (Å²) in [5, 5.41) is 91.0. The topological polar surface area (TPSA) is 432 Å². The minimum Gasteiger partial charge on any atom is -0.491 e. The van der Waals surface area contributed by atoms with Crippen molar-refractivity contribution < 1.29 is 79.0 Å². The quantitative estimate of drug-likeness (QED) is 0.0204. The number of aliphatic hydroxyl groups excluding tert-OH is 3. The van der Waals surface area contributed by atoms with Crippen molar-refractivity contribution in [1.82, 2.24) is 32.1 Å². The summed E-state index contributed by atoms with van der Waals surface area (Å²) in [7, 11) is 0. The van der Waals surface area contributed by atoms with Crippen LogP contribution in [0.4, 0.5) is 0 Å². The van der Waals surface area contributed by atoms with Gasteiger partial charge >= 0.3 is 23.9 Å². The molecule has 0 amide bonds. The van der Waals surface area contributed by atoms with Crippen LogP contribution in [-0.4, -0.2) is 143 Å². The van der Waals surface area contributed by atoms with Crippen LogP contribution in [0.5, 0.6) is 23.0 Å². The smallest absolute Gasteiger partial charge is 0.354 e. The highest BCUT2D eigenvalue weighted by atomic mass is 16.5. The van der Waals surface area contributed by atoms with Gasteiger partial charge in [-0.1, -0.05) is 24.3 Å². The zero-order valence-electron chi connectivity index (χ0n) is 43.8. The molecule has 0 radical (unpaired) electrons. The molecule has 5 rings (SSSR count). The Kier molecular flexibility index (Phi) is 25.1. The van der Waals surface area contributed by atoms with Gasteiger partial charge in [-0.3, -0.25) is 10.7 Å². The van der Waals surface area contributed by atoms with Gasteiger partial charge in [-0.05, 0) is 150 Å². The van der Waals surface area contributed by atoms with Gasteiger partial charge in [-0.15, -0.1) is 10.2 Å². The molecule has 0 bridgehead atoms. The predicted molar refractivity (Wildman–Crippen MR) is 284 cm³/mol. The van der Waals surface area contributed by atoms with E-state index in [2.05, 4.69) is 47.4 Å². The number of hydrazone groups is 2. The minimum atomic E-state index is -3.29. The lowest BCUT2D eigenvalue weighted by Gasteiger charge is -2.41. The lowest BCUT2D eigenvalue weighted by atomic mass is 10.0. The zero-order valence-corrected chi connectivity index (χ0v) is 43.8. The van der Waals surface area contributed by atoms with E-state index in [9.17, 15) is 34.5 Å². The number of hydrogen-bond acceptors (Lipinski definition) is 20. The fourth-order valence-corrected chi connectivity index (χ4v) is 6.02. The second kappa shape index (κ2) is 30.8. The van der Waals surface area contributed by atoms with Crippen LogP contribution in [-0.2, 0) is 19.2 Å².